The first-order chi connectivity index (χ1) is 10.1. The Morgan fingerprint density at radius 3 is 2.86 bits per heavy atom. The van der Waals surface area contributed by atoms with Gasteiger partial charge in [-0.05, 0) is 30.3 Å². The number of benzene rings is 2. The van der Waals surface area contributed by atoms with Crippen LogP contribution in [-0.2, 0) is 4.79 Å². The van der Waals surface area contributed by atoms with Gasteiger partial charge in [-0.3, -0.25) is 4.79 Å². The average Bonchev–Trinajstić information content (AvgIpc) is 2.84. The van der Waals surface area contributed by atoms with Gasteiger partial charge in [-0.2, -0.15) is 0 Å². The lowest BCUT2D eigenvalue weighted by atomic mass is 10.3. The third kappa shape index (κ3) is 3.37. The van der Waals surface area contributed by atoms with Crippen molar-refractivity contribution in [2.24, 2.45) is 0 Å². The van der Waals surface area contributed by atoms with Crippen molar-refractivity contribution in [2.75, 3.05) is 5.32 Å². The van der Waals surface area contributed by atoms with Crippen molar-refractivity contribution >= 4 is 56.5 Å². The molecule has 1 heterocycles. The number of hydrogen-bond donors (Lipinski definition) is 1. The molecular weight excluding hydrogens is 324 g/mol. The molecule has 0 fully saturated rings. The molecule has 3 aromatic rings. The zero-order chi connectivity index (χ0) is 14.8. The maximum atomic E-state index is 11.1. The molecule has 21 heavy (non-hydrogen) atoms. The number of anilines is 1. The smallest absolute Gasteiger partial charge is 0.221 e. The van der Waals surface area contributed by atoms with Crippen molar-refractivity contribution < 1.29 is 4.79 Å². The third-order valence-corrected chi connectivity index (χ3v) is 5.32. The highest BCUT2D eigenvalue weighted by Crippen LogP contribution is 2.38. The van der Waals surface area contributed by atoms with Gasteiger partial charge in [0.1, 0.15) is 0 Å². The zero-order valence-electron chi connectivity index (χ0n) is 11.1. The number of hydrogen-bond acceptors (Lipinski definition) is 4. The molecule has 0 bridgehead atoms. The minimum Gasteiger partial charge on any atom is -0.326 e. The molecule has 1 aromatic heterocycles. The molecule has 0 aliphatic rings. The van der Waals surface area contributed by atoms with Crippen LogP contribution in [0.3, 0.4) is 0 Å². The third-order valence-electron chi connectivity index (χ3n) is 2.72. The Kier molecular flexibility index (Phi) is 4.14. The van der Waals surface area contributed by atoms with Gasteiger partial charge in [-0.1, -0.05) is 35.5 Å². The zero-order valence-corrected chi connectivity index (χ0v) is 13.5. The summed E-state index contributed by atoms with van der Waals surface area (Å²) < 4.78 is 2.08. The van der Waals surface area contributed by atoms with Crippen molar-refractivity contribution in [1.29, 1.82) is 0 Å². The van der Waals surface area contributed by atoms with Gasteiger partial charge in [0.15, 0.2) is 4.34 Å². The molecule has 106 valence electrons. The normalized spacial score (nSPS) is 10.8. The number of halogens is 1. The summed E-state index contributed by atoms with van der Waals surface area (Å²) in [5, 5.41) is 3.40. The van der Waals surface area contributed by atoms with E-state index >= 15 is 0 Å². The fourth-order valence-corrected chi connectivity index (χ4v) is 4.17. The van der Waals surface area contributed by atoms with Gasteiger partial charge in [0.05, 0.1) is 15.2 Å². The average molecular weight is 335 g/mol. The Morgan fingerprint density at radius 1 is 1.29 bits per heavy atom. The Bertz CT molecular complexity index is 783. The molecule has 0 spiro atoms. The van der Waals surface area contributed by atoms with E-state index in [2.05, 4.69) is 10.3 Å². The lowest BCUT2D eigenvalue weighted by Crippen LogP contribution is -2.05. The first kappa shape index (κ1) is 14.4. The minimum absolute atomic E-state index is 0.103. The number of nitrogens with one attached hydrogen (secondary N) is 1. The van der Waals surface area contributed by atoms with E-state index < -0.39 is 0 Å². The molecule has 0 aliphatic heterocycles. The van der Waals surface area contributed by atoms with Gasteiger partial charge in [0.2, 0.25) is 5.91 Å². The second-order valence-corrected chi connectivity index (χ2v) is 7.10. The number of thiazole rings is 1. The summed E-state index contributed by atoms with van der Waals surface area (Å²) in [4.78, 5) is 16.6. The van der Waals surface area contributed by atoms with E-state index in [0.29, 0.717) is 5.02 Å². The molecule has 0 unspecified atom stereocenters. The van der Waals surface area contributed by atoms with Crippen molar-refractivity contribution in [1.82, 2.24) is 4.98 Å². The van der Waals surface area contributed by atoms with Crippen molar-refractivity contribution in [3.63, 3.8) is 0 Å². The molecule has 2 aromatic carbocycles. The predicted octanol–water partition coefficient (Wildman–Crippen LogP) is 5.06. The lowest BCUT2D eigenvalue weighted by molar-refractivity contribution is -0.114. The van der Waals surface area contributed by atoms with Crippen LogP contribution in [0.4, 0.5) is 5.69 Å². The Labute approximate surface area is 135 Å². The molecule has 0 saturated heterocycles. The summed E-state index contributed by atoms with van der Waals surface area (Å²) in [5.74, 6) is -0.103. The molecule has 0 atom stereocenters. The van der Waals surface area contributed by atoms with Crippen molar-refractivity contribution in [2.45, 2.75) is 16.2 Å². The summed E-state index contributed by atoms with van der Waals surface area (Å²) in [7, 11) is 0. The number of amides is 1. The van der Waals surface area contributed by atoms with E-state index in [4.69, 9.17) is 11.6 Å². The highest BCUT2D eigenvalue weighted by atomic mass is 35.5. The van der Waals surface area contributed by atoms with Crippen molar-refractivity contribution in [3.8, 4) is 0 Å². The van der Waals surface area contributed by atoms with Gasteiger partial charge < -0.3 is 5.32 Å². The molecule has 6 heteroatoms. The second-order valence-electron chi connectivity index (χ2n) is 4.38. The molecule has 0 aliphatic carbocycles. The number of rotatable bonds is 3. The Morgan fingerprint density at radius 2 is 2.10 bits per heavy atom. The quantitative estimate of drug-likeness (QED) is 0.728. The van der Waals surface area contributed by atoms with E-state index in [1.165, 1.54) is 18.7 Å². The van der Waals surface area contributed by atoms with Crippen LogP contribution in [0.1, 0.15) is 6.92 Å². The highest BCUT2D eigenvalue weighted by molar-refractivity contribution is 8.01. The van der Waals surface area contributed by atoms with E-state index in [0.717, 1.165) is 25.1 Å². The van der Waals surface area contributed by atoms with Crippen LogP contribution in [-0.4, -0.2) is 10.9 Å². The first-order valence-corrected chi connectivity index (χ1v) is 8.23. The number of aromatic nitrogens is 1. The van der Waals surface area contributed by atoms with Crippen LogP contribution in [0.25, 0.3) is 10.2 Å². The second kappa shape index (κ2) is 6.05. The fraction of sp³-hybridized carbons (Fsp3) is 0.0667. The van der Waals surface area contributed by atoms with E-state index in [1.54, 1.807) is 23.5 Å². The predicted molar refractivity (Wildman–Crippen MR) is 89.5 cm³/mol. The van der Waals surface area contributed by atoms with Crippen LogP contribution in [0.2, 0.25) is 5.02 Å². The summed E-state index contributed by atoms with van der Waals surface area (Å²) >= 11 is 9.36. The topological polar surface area (TPSA) is 42.0 Å². The fourth-order valence-electron chi connectivity index (χ4n) is 1.85. The molecular formula is C15H11ClN2OS2. The van der Waals surface area contributed by atoms with Gasteiger partial charge in [0.25, 0.3) is 0 Å². The van der Waals surface area contributed by atoms with E-state index in [1.807, 2.05) is 30.3 Å². The number of para-hydroxylation sites is 1. The molecule has 1 amide bonds. The van der Waals surface area contributed by atoms with E-state index in [-0.39, 0.29) is 5.91 Å². The standard InChI is InChI=1S/C15H11ClN2OS2/c1-9(19)17-10-6-7-11(16)14(8-10)21-15-18-12-4-2-3-5-13(12)20-15/h2-8H,1H3,(H,17,19). The van der Waals surface area contributed by atoms with Crippen LogP contribution < -0.4 is 5.32 Å². The van der Waals surface area contributed by atoms with Crippen LogP contribution in [0.5, 0.6) is 0 Å². The maximum Gasteiger partial charge on any atom is 0.221 e. The molecule has 1 N–H and O–H groups in total. The van der Waals surface area contributed by atoms with E-state index in [9.17, 15) is 4.79 Å². The summed E-state index contributed by atoms with van der Waals surface area (Å²) in [6.45, 7) is 1.48. The number of carbonyl (C=O) groups is 1. The van der Waals surface area contributed by atoms with Crippen LogP contribution in [0.15, 0.2) is 51.7 Å². The van der Waals surface area contributed by atoms with Gasteiger partial charge in [-0.25, -0.2) is 4.98 Å². The maximum absolute atomic E-state index is 11.1. The van der Waals surface area contributed by atoms with Gasteiger partial charge in [-0.15, -0.1) is 11.3 Å². The summed E-state index contributed by atoms with van der Waals surface area (Å²) in [6.07, 6.45) is 0. The highest BCUT2D eigenvalue weighted by Gasteiger charge is 2.09. The lowest BCUT2D eigenvalue weighted by Gasteiger charge is -2.06. The molecule has 0 saturated carbocycles. The molecule has 3 rings (SSSR count). The van der Waals surface area contributed by atoms with Gasteiger partial charge in [0, 0.05) is 17.5 Å². The summed E-state index contributed by atoms with van der Waals surface area (Å²) in [5.41, 5.74) is 1.72. The van der Waals surface area contributed by atoms with Crippen LogP contribution in [0, 0.1) is 0 Å². The number of fused-ring (bicyclic) bond motifs is 1. The summed E-state index contributed by atoms with van der Waals surface area (Å²) in [6, 6.07) is 13.4. The number of carbonyl (C=O) groups excluding carboxylic acids is 1. The number of nitrogens with zero attached hydrogens (tertiary/aromatic N) is 1. The SMILES string of the molecule is CC(=O)Nc1ccc(Cl)c(Sc2nc3ccccc3s2)c1. The monoisotopic (exact) mass is 334 g/mol. The van der Waals surface area contributed by atoms with Crippen LogP contribution >= 0.6 is 34.7 Å². The Hall–Kier alpha value is -1.56. The Balaban J connectivity index is 1.91. The molecule has 0 radical (unpaired) electrons. The molecule has 3 nitrogen and oxygen atoms in total. The first-order valence-electron chi connectivity index (χ1n) is 6.22. The minimum atomic E-state index is -0.103. The van der Waals surface area contributed by atoms with Crippen molar-refractivity contribution in [3.05, 3.63) is 47.5 Å². The van der Waals surface area contributed by atoms with Gasteiger partial charge >= 0.3 is 0 Å². The largest absolute Gasteiger partial charge is 0.326 e.